The van der Waals surface area contributed by atoms with E-state index in [1.165, 1.54) is 30.9 Å². The molecule has 1 fully saturated rings. The van der Waals surface area contributed by atoms with Crippen molar-refractivity contribution in [2.24, 2.45) is 10.9 Å². The Morgan fingerprint density at radius 1 is 1.41 bits per heavy atom. The number of nitrogens with zero attached hydrogens (tertiary/aromatic N) is 1. The van der Waals surface area contributed by atoms with Gasteiger partial charge in [0, 0.05) is 16.5 Å². The Morgan fingerprint density at radius 2 is 2.24 bits per heavy atom. The van der Waals surface area contributed by atoms with Crippen molar-refractivity contribution in [2.45, 2.75) is 56.1 Å². The predicted octanol–water partition coefficient (Wildman–Crippen LogP) is 3.38. The minimum Gasteiger partial charge on any atom is -0.362 e. The third kappa shape index (κ3) is 3.82. The Balaban J connectivity index is 1.78. The zero-order valence-corrected chi connectivity index (χ0v) is 12.7. The van der Waals surface area contributed by atoms with Crippen molar-refractivity contribution >= 4 is 28.7 Å². The average molecular weight is 272 g/mol. The highest BCUT2D eigenvalue weighted by atomic mass is 32.2. The lowest BCUT2D eigenvalue weighted by Gasteiger charge is -2.29. The summed E-state index contributed by atoms with van der Waals surface area (Å²) >= 11 is 3.98. The van der Waals surface area contributed by atoms with E-state index in [-0.39, 0.29) is 0 Å². The lowest BCUT2D eigenvalue weighted by molar-refractivity contribution is 0.424. The summed E-state index contributed by atoms with van der Waals surface area (Å²) in [6, 6.07) is 0.665. The highest BCUT2D eigenvalue weighted by Crippen LogP contribution is 2.30. The molecule has 0 radical (unpaired) electrons. The molecular weight excluding hydrogens is 248 g/mol. The lowest BCUT2D eigenvalue weighted by atomic mass is 9.95. The third-order valence-corrected chi connectivity index (χ3v) is 6.27. The van der Waals surface area contributed by atoms with E-state index in [0.717, 1.165) is 17.7 Å². The van der Waals surface area contributed by atoms with Gasteiger partial charge in [-0.25, -0.2) is 0 Å². The lowest BCUT2D eigenvalue weighted by Crippen LogP contribution is -2.37. The summed E-state index contributed by atoms with van der Waals surface area (Å²) in [4.78, 5) is 4.65. The molecule has 2 aliphatic rings. The topological polar surface area (TPSA) is 24.4 Å². The van der Waals surface area contributed by atoms with Crippen LogP contribution in [-0.2, 0) is 0 Å². The number of hydrogen-bond acceptors (Lipinski definition) is 4. The maximum Gasteiger partial charge on any atom is 0.157 e. The summed E-state index contributed by atoms with van der Waals surface area (Å²) in [6.45, 7) is 5.59. The van der Waals surface area contributed by atoms with E-state index < -0.39 is 0 Å². The Kier molecular flexibility index (Phi) is 5.10. The average Bonchev–Trinajstić information content (AvgIpc) is 2.78. The van der Waals surface area contributed by atoms with Crippen molar-refractivity contribution in [1.29, 1.82) is 0 Å². The van der Waals surface area contributed by atoms with E-state index in [9.17, 15) is 0 Å². The molecule has 0 aromatic heterocycles. The molecule has 3 atom stereocenters. The van der Waals surface area contributed by atoms with Gasteiger partial charge in [0.15, 0.2) is 5.17 Å². The first-order valence-electron chi connectivity index (χ1n) is 6.69. The summed E-state index contributed by atoms with van der Waals surface area (Å²) in [5.41, 5.74) is 0. The number of hydrogen-bond donors (Lipinski definition) is 1. The molecule has 0 saturated heterocycles. The van der Waals surface area contributed by atoms with E-state index in [1.807, 2.05) is 23.5 Å². The predicted molar refractivity (Wildman–Crippen MR) is 81.2 cm³/mol. The van der Waals surface area contributed by atoms with Gasteiger partial charge in [0.1, 0.15) is 0 Å². The molecule has 1 saturated carbocycles. The second-order valence-electron chi connectivity index (χ2n) is 5.41. The monoisotopic (exact) mass is 272 g/mol. The fourth-order valence-electron chi connectivity index (χ4n) is 2.48. The molecule has 4 heteroatoms. The Bertz CT molecular complexity index is 279. The van der Waals surface area contributed by atoms with Gasteiger partial charge in [0.05, 0.1) is 6.54 Å². The van der Waals surface area contributed by atoms with Gasteiger partial charge in [0.25, 0.3) is 0 Å². The first-order chi connectivity index (χ1) is 8.19. The minimum absolute atomic E-state index is 0.665. The molecular formula is C13H24N2S2. The molecule has 1 heterocycles. The normalized spacial score (nSPS) is 33.9. The number of amidine groups is 1. The quantitative estimate of drug-likeness (QED) is 0.852. The Hall–Kier alpha value is 0.170. The summed E-state index contributed by atoms with van der Waals surface area (Å²) in [7, 11) is 0. The largest absolute Gasteiger partial charge is 0.362 e. The van der Waals surface area contributed by atoms with Crippen LogP contribution in [0.5, 0.6) is 0 Å². The van der Waals surface area contributed by atoms with Crippen LogP contribution in [0.3, 0.4) is 0 Å². The van der Waals surface area contributed by atoms with E-state index >= 15 is 0 Å². The zero-order valence-electron chi connectivity index (χ0n) is 11.1. The van der Waals surface area contributed by atoms with Crippen LogP contribution in [0.25, 0.3) is 0 Å². The van der Waals surface area contributed by atoms with Crippen molar-refractivity contribution in [3.63, 3.8) is 0 Å². The maximum absolute atomic E-state index is 4.65. The van der Waals surface area contributed by atoms with E-state index in [4.69, 9.17) is 0 Å². The van der Waals surface area contributed by atoms with Gasteiger partial charge >= 0.3 is 0 Å². The van der Waals surface area contributed by atoms with Crippen molar-refractivity contribution < 1.29 is 0 Å². The number of nitrogens with one attached hydrogen (secondary N) is 1. The second-order valence-corrected chi connectivity index (χ2v) is 7.78. The molecule has 0 aromatic carbocycles. The van der Waals surface area contributed by atoms with Gasteiger partial charge in [-0.1, -0.05) is 32.0 Å². The molecule has 98 valence electrons. The third-order valence-electron chi connectivity index (χ3n) is 3.71. The first kappa shape index (κ1) is 13.6. The van der Waals surface area contributed by atoms with Crippen molar-refractivity contribution in [2.75, 3.05) is 12.8 Å². The zero-order chi connectivity index (χ0) is 12.3. The standard InChI is InChI=1S/C13H24N2S2/c1-9(2)12-8-14-13(17-12)15-10-5-4-6-11(7-10)16-3/h9-12H,4-8H2,1-3H3,(H,14,15). The van der Waals surface area contributed by atoms with Crippen molar-refractivity contribution in [3.05, 3.63) is 0 Å². The minimum atomic E-state index is 0.665. The van der Waals surface area contributed by atoms with Crippen LogP contribution in [-0.4, -0.2) is 34.5 Å². The molecule has 0 amide bonds. The highest BCUT2D eigenvalue weighted by Gasteiger charge is 2.26. The van der Waals surface area contributed by atoms with Crippen LogP contribution in [0.1, 0.15) is 39.5 Å². The van der Waals surface area contributed by atoms with Crippen molar-refractivity contribution in [1.82, 2.24) is 5.32 Å². The number of rotatable bonds is 3. The van der Waals surface area contributed by atoms with E-state index in [1.54, 1.807) is 0 Å². The molecule has 0 spiro atoms. The van der Waals surface area contributed by atoms with Gasteiger partial charge in [-0.15, -0.1) is 0 Å². The fraction of sp³-hybridized carbons (Fsp3) is 0.923. The molecule has 1 aliphatic heterocycles. The smallest absolute Gasteiger partial charge is 0.157 e. The van der Waals surface area contributed by atoms with Crippen LogP contribution >= 0.6 is 23.5 Å². The highest BCUT2D eigenvalue weighted by molar-refractivity contribution is 8.14. The summed E-state index contributed by atoms with van der Waals surface area (Å²) in [5, 5.41) is 6.42. The Labute approximate surface area is 114 Å². The van der Waals surface area contributed by atoms with E-state index in [0.29, 0.717) is 11.3 Å². The first-order valence-corrected chi connectivity index (χ1v) is 8.86. The molecule has 2 rings (SSSR count). The molecule has 1 N–H and O–H groups in total. The second kappa shape index (κ2) is 6.37. The van der Waals surface area contributed by atoms with Gasteiger partial charge in [0.2, 0.25) is 0 Å². The molecule has 3 unspecified atom stereocenters. The molecule has 0 aromatic rings. The maximum atomic E-state index is 4.65. The van der Waals surface area contributed by atoms with Gasteiger partial charge in [-0.2, -0.15) is 11.8 Å². The van der Waals surface area contributed by atoms with Crippen LogP contribution in [0.2, 0.25) is 0 Å². The van der Waals surface area contributed by atoms with Crippen molar-refractivity contribution in [3.8, 4) is 0 Å². The molecule has 2 nitrogen and oxygen atoms in total. The number of thioether (sulfide) groups is 2. The summed E-state index contributed by atoms with van der Waals surface area (Å²) in [5.74, 6) is 0.730. The van der Waals surface area contributed by atoms with Gasteiger partial charge in [-0.3, -0.25) is 4.99 Å². The van der Waals surface area contributed by atoms with Gasteiger partial charge < -0.3 is 5.32 Å². The number of aliphatic imine (C=N–C) groups is 1. The molecule has 1 aliphatic carbocycles. The summed E-state index contributed by atoms with van der Waals surface area (Å²) < 4.78 is 0. The Morgan fingerprint density at radius 3 is 2.88 bits per heavy atom. The van der Waals surface area contributed by atoms with Crippen LogP contribution in [0.15, 0.2) is 4.99 Å². The fourth-order valence-corrected chi connectivity index (χ4v) is 4.40. The summed E-state index contributed by atoms with van der Waals surface area (Å²) in [6.07, 6.45) is 7.64. The van der Waals surface area contributed by atoms with Crippen LogP contribution < -0.4 is 5.32 Å². The van der Waals surface area contributed by atoms with Crippen LogP contribution in [0, 0.1) is 5.92 Å². The van der Waals surface area contributed by atoms with Crippen LogP contribution in [0.4, 0.5) is 0 Å². The van der Waals surface area contributed by atoms with E-state index in [2.05, 4.69) is 30.4 Å². The molecule has 0 bridgehead atoms. The van der Waals surface area contributed by atoms with Gasteiger partial charge in [-0.05, 0) is 31.4 Å². The molecule has 17 heavy (non-hydrogen) atoms. The SMILES string of the molecule is CSC1CCCC(NC2=NCC(C(C)C)S2)C1.